The monoisotopic (exact) mass is 217 g/mol. The molecule has 0 radical (unpaired) electrons. The van der Waals surface area contributed by atoms with Crippen LogP contribution < -0.4 is 5.73 Å². The van der Waals surface area contributed by atoms with Gasteiger partial charge in [-0.05, 0) is 20.3 Å². The number of hydrogen-bond acceptors (Lipinski definition) is 5. The Balaban J connectivity index is 2.18. The van der Waals surface area contributed by atoms with Crippen molar-refractivity contribution in [2.75, 3.05) is 0 Å². The van der Waals surface area contributed by atoms with E-state index in [-0.39, 0.29) is 18.3 Å². The van der Waals surface area contributed by atoms with Gasteiger partial charge in [0.2, 0.25) is 0 Å². The lowest BCUT2D eigenvalue weighted by Crippen LogP contribution is -2.59. The fourth-order valence-corrected chi connectivity index (χ4v) is 2.24. The van der Waals surface area contributed by atoms with Gasteiger partial charge in [0.15, 0.2) is 12.1 Å². The zero-order valence-electron chi connectivity index (χ0n) is 9.34. The Hall–Kier alpha value is -0.200. The molecule has 2 unspecified atom stereocenters. The van der Waals surface area contributed by atoms with E-state index in [4.69, 9.17) is 19.9 Å². The van der Waals surface area contributed by atoms with Crippen LogP contribution in [0.1, 0.15) is 27.2 Å². The smallest absolute Gasteiger partial charge is 0.172 e. The molecule has 5 atom stereocenters. The van der Waals surface area contributed by atoms with E-state index >= 15 is 0 Å². The SMILES string of the molecule is CCC1OC(O)[C@H](N)[C@H]2OC(C)(C)O[C@@H]12. The highest BCUT2D eigenvalue weighted by atomic mass is 16.8. The molecule has 5 heteroatoms. The molecule has 3 N–H and O–H groups in total. The fourth-order valence-electron chi connectivity index (χ4n) is 2.24. The van der Waals surface area contributed by atoms with Crippen molar-refractivity contribution in [2.45, 2.75) is 63.6 Å². The number of nitrogens with two attached hydrogens (primary N) is 1. The molecule has 15 heavy (non-hydrogen) atoms. The lowest BCUT2D eigenvalue weighted by Gasteiger charge is -2.38. The van der Waals surface area contributed by atoms with Crippen LogP contribution in [0.2, 0.25) is 0 Å². The van der Waals surface area contributed by atoms with Crippen LogP contribution in [-0.2, 0) is 14.2 Å². The van der Waals surface area contributed by atoms with Gasteiger partial charge >= 0.3 is 0 Å². The summed E-state index contributed by atoms with van der Waals surface area (Å²) < 4.78 is 16.8. The van der Waals surface area contributed by atoms with Crippen LogP contribution in [0.3, 0.4) is 0 Å². The first-order chi connectivity index (χ1) is 6.94. The van der Waals surface area contributed by atoms with Crippen LogP contribution in [0, 0.1) is 0 Å². The number of rotatable bonds is 1. The van der Waals surface area contributed by atoms with Gasteiger partial charge in [-0.25, -0.2) is 0 Å². The largest absolute Gasteiger partial charge is 0.367 e. The van der Waals surface area contributed by atoms with Gasteiger partial charge in [-0.1, -0.05) is 6.92 Å². The second kappa shape index (κ2) is 3.68. The van der Waals surface area contributed by atoms with Gasteiger partial charge < -0.3 is 25.1 Å². The van der Waals surface area contributed by atoms with Gasteiger partial charge in [-0.15, -0.1) is 0 Å². The molecular formula is C10H19NO4. The second-order valence-corrected chi connectivity index (χ2v) is 4.62. The molecule has 2 aliphatic heterocycles. The molecular weight excluding hydrogens is 198 g/mol. The van der Waals surface area contributed by atoms with Crippen LogP contribution in [0.4, 0.5) is 0 Å². The third kappa shape index (κ3) is 1.90. The summed E-state index contributed by atoms with van der Waals surface area (Å²) in [4.78, 5) is 0. The van der Waals surface area contributed by atoms with Crippen LogP contribution in [0.25, 0.3) is 0 Å². The minimum atomic E-state index is -0.964. The minimum absolute atomic E-state index is 0.147. The van der Waals surface area contributed by atoms with E-state index in [1.807, 2.05) is 20.8 Å². The number of ether oxygens (including phenoxy) is 3. The summed E-state index contributed by atoms with van der Waals surface area (Å²) in [5.74, 6) is -0.645. The summed E-state index contributed by atoms with van der Waals surface area (Å²) >= 11 is 0. The first kappa shape index (κ1) is 11.3. The van der Waals surface area contributed by atoms with Gasteiger partial charge in [0.05, 0.1) is 12.1 Å². The maximum absolute atomic E-state index is 9.61. The maximum Gasteiger partial charge on any atom is 0.172 e. The Morgan fingerprint density at radius 3 is 2.47 bits per heavy atom. The normalized spacial score (nSPS) is 49.0. The maximum atomic E-state index is 9.61. The number of fused-ring (bicyclic) bond motifs is 1. The van der Waals surface area contributed by atoms with Crippen molar-refractivity contribution >= 4 is 0 Å². The first-order valence-corrected chi connectivity index (χ1v) is 5.39. The van der Waals surface area contributed by atoms with E-state index < -0.39 is 18.1 Å². The molecule has 2 rings (SSSR count). The Kier molecular flexibility index (Phi) is 2.77. The number of aliphatic hydroxyl groups excluding tert-OH is 1. The molecule has 2 aliphatic rings. The van der Waals surface area contributed by atoms with Crippen LogP contribution in [0.5, 0.6) is 0 Å². The van der Waals surface area contributed by atoms with E-state index in [1.165, 1.54) is 0 Å². The summed E-state index contributed by atoms with van der Waals surface area (Å²) in [5, 5.41) is 9.61. The fraction of sp³-hybridized carbons (Fsp3) is 1.00. The van der Waals surface area contributed by atoms with Gasteiger partial charge in [0.25, 0.3) is 0 Å². The van der Waals surface area contributed by atoms with Crippen LogP contribution in [0.15, 0.2) is 0 Å². The van der Waals surface area contributed by atoms with E-state index in [0.717, 1.165) is 6.42 Å². The third-order valence-electron chi connectivity index (χ3n) is 2.96. The van der Waals surface area contributed by atoms with Crippen molar-refractivity contribution in [3.8, 4) is 0 Å². The summed E-state index contributed by atoms with van der Waals surface area (Å²) in [6, 6.07) is -0.542. The van der Waals surface area contributed by atoms with Crippen molar-refractivity contribution in [1.82, 2.24) is 0 Å². The zero-order chi connectivity index (χ0) is 11.2. The molecule has 2 heterocycles. The van der Waals surface area contributed by atoms with Gasteiger partial charge in [0, 0.05) is 0 Å². The number of aliphatic hydroxyl groups is 1. The van der Waals surface area contributed by atoms with Gasteiger partial charge in [-0.3, -0.25) is 0 Å². The molecule has 2 fully saturated rings. The quantitative estimate of drug-likeness (QED) is 0.644. The Morgan fingerprint density at radius 2 is 1.87 bits per heavy atom. The molecule has 0 saturated carbocycles. The predicted molar refractivity (Wildman–Crippen MR) is 53.0 cm³/mol. The predicted octanol–water partition coefficient (Wildman–Crippen LogP) is -0.0390. The molecule has 0 amide bonds. The van der Waals surface area contributed by atoms with E-state index in [0.29, 0.717) is 0 Å². The van der Waals surface area contributed by atoms with Gasteiger partial charge in [0.1, 0.15) is 12.2 Å². The van der Waals surface area contributed by atoms with Gasteiger partial charge in [-0.2, -0.15) is 0 Å². The molecule has 0 aromatic heterocycles. The van der Waals surface area contributed by atoms with E-state index in [1.54, 1.807) is 0 Å². The molecule has 2 saturated heterocycles. The highest BCUT2D eigenvalue weighted by Crippen LogP contribution is 2.37. The van der Waals surface area contributed by atoms with E-state index in [9.17, 15) is 5.11 Å². The third-order valence-corrected chi connectivity index (χ3v) is 2.96. The molecule has 0 aliphatic carbocycles. The second-order valence-electron chi connectivity index (χ2n) is 4.62. The molecule has 0 aromatic carbocycles. The van der Waals surface area contributed by atoms with Crippen molar-refractivity contribution in [3.05, 3.63) is 0 Å². The molecule has 0 spiro atoms. The molecule has 88 valence electrons. The topological polar surface area (TPSA) is 73.9 Å². The number of hydrogen-bond donors (Lipinski definition) is 2. The summed E-state index contributed by atoms with van der Waals surface area (Å²) in [6.45, 7) is 5.67. The molecule has 0 aromatic rings. The first-order valence-electron chi connectivity index (χ1n) is 5.39. The lowest BCUT2D eigenvalue weighted by molar-refractivity contribution is -0.218. The zero-order valence-corrected chi connectivity index (χ0v) is 9.34. The summed E-state index contributed by atoms with van der Waals surface area (Å²) in [7, 11) is 0. The van der Waals surface area contributed by atoms with Crippen molar-refractivity contribution in [3.63, 3.8) is 0 Å². The standard InChI is InChI=1S/C10H19NO4/c1-4-5-7-8(6(11)9(12)13-5)15-10(2,3)14-7/h5-9,12H,4,11H2,1-3H3/t5?,6-,7+,8-,9?/m1/s1. The minimum Gasteiger partial charge on any atom is -0.367 e. The van der Waals surface area contributed by atoms with Crippen molar-refractivity contribution in [1.29, 1.82) is 0 Å². The average Bonchev–Trinajstić information content (AvgIpc) is 2.48. The van der Waals surface area contributed by atoms with Crippen LogP contribution >= 0.6 is 0 Å². The highest BCUT2D eigenvalue weighted by Gasteiger charge is 2.53. The van der Waals surface area contributed by atoms with Crippen molar-refractivity contribution in [2.24, 2.45) is 5.73 Å². The Labute approximate surface area is 89.5 Å². The molecule has 0 bridgehead atoms. The Morgan fingerprint density at radius 1 is 1.27 bits per heavy atom. The van der Waals surface area contributed by atoms with Crippen LogP contribution in [-0.4, -0.2) is 41.5 Å². The van der Waals surface area contributed by atoms with Crippen molar-refractivity contribution < 1.29 is 19.3 Å². The average molecular weight is 217 g/mol. The highest BCUT2D eigenvalue weighted by molar-refractivity contribution is 4.97. The summed E-state index contributed by atoms with van der Waals surface area (Å²) in [6.07, 6.45) is -0.804. The lowest BCUT2D eigenvalue weighted by atomic mass is 9.96. The molecule has 5 nitrogen and oxygen atoms in total. The summed E-state index contributed by atoms with van der Waals surface area (Å²) in [5.41, 5.74) is 5.82. The Bertz CT molecular complexity index is 238. The van der Waals surface area contributed by atoms with E-state index in [2.05, 4.69) is 0 Å².